The third-order valence-corrected chi connectivity index (χ3v) is 3.03. The molecule has 0 heterocycles. The van der Waals surface area contributed by atoms with Crippen molar-refractivity contribution in [2.75, 3.05) is 5.32 Å². The average molecular weight is 272 g/mol. The van der Waals surface area contributed by atoms with Crippen LogP contribution in [-0.4, -0.2) is 10.8 Å². The van der Waals surface area contributed by atoms with Crippen LogP contribution in [0.2, 0.25) is 0 Å². The molecule has 0 bridgehead atoms. The Labute approximate surface area is 115 Å². The largest absolute Gasteiger partial charge is 0.319 e. The van der Waals surface area contributed by atoms with Gasteiger partial charge in [0.15, 0.2) is 0 Å². The summed E-state index contributed by atoms with van der Waals surface area (Å²) >= 11 is 0. The Morgan fingerprint density at radius 3 is 2.60 bits per heavy atom. The van der Waals surface area contributed by atoms with Gasteiger partial charge in [-0.25, -0.2) is 0 Å². The molecule has 1 N–H and O–H groups in total. The summed E-state index contributed by atoms with van der Waals surface area (Å²) < 4.78 is 0. The molecular formula is C13H12N4O3. The van der Waals surface area contributed by atoms with Crippen LogP contribution in [0.25, 0.3) is 0 Å². The van der Waals surface area contributed by atoms with Gasteiger partial charge in [0, 0.05) is 6.07 Å². The number of hydrogen-bond donors (Lipinski definition) is 1. The van der Waals surface area contributed by atoms with Crippen molar-refractivity contribution in [3.05, 3.63) is 33.9 Å². The van der Waals surface area contributed by atoms with Crippen molar-refractivity contribution < 1.29 is 9.72 Å². The number of anilines is 1. The maximum Gasteiger partial charge on any atom is 0.294 e. The predicted octanol–water partition coefficient (Wildman–Crippen LogP) is 2.34. The lowest BCUT2D eigenvalue weighted by Gasteiger charge is -2.18. The van der Waals surface area contributed by atoms with Crippen LogP contribution in [0.5, 0.6) is 0 Å². The maximum absolute atomic E-state index is 12.0. The van der Waals surface area contributed by atoms with Crippen molar-refractivity contribution >= 4 is 17.3 Å². The van der Waals surface area contributed by atoms with Gasteiger partial charge in [0.2, 0.25) is 5.91 Å². The number of nitro groups is 1. The van der Waals surface area contributed by atoms with Gasteiger partial charge in [0.25, 0.3) is 5.69 Å². The van der Waals surface area contributed by atoms with Crippen LogP contribution < -0.4 is 5.32 Å². The van der Waals surface area contributed by atoms with Gasteiger partial charge < -0.3 is 5.32 Å². The zero-order valence-electron chi connectivity index (χ0n) is 11.0. The summed E-state index contributed by atoms with van der Waals surface area (Å²) in [4.78, 5) is 22.3. The molecule has 1 amide bonds. The standard InChI is InChI=1S/C13H12N4O3/c1-3-13(2,8-15)12(18)16-10-5-4-9(7-14)6-11(10)17(19)20/h4-6H,3H2,1-2H3,(H,16,18). The number of nitrogens with zero attached hydrogens (tertiary/aromatic N) is 3. The van der Waals surface area contributed by atoms with Gasteiger partial charge >= 0.3 is 0 Å². The number of hydrogen-bond acceptors (Lipinski definition) is 5. The smallest absolute Gasteiger partial charge is 0.294 e. The molecule has 7 nitrogen and oxygen atoms in total. The van der Waals surface area contributed by atoms with Crippen LogP contribution in [0.3, 0.4) is 0 Å². The summed E-state index contributed by atoms with van der Waals surface area (Å²) in [6, 6.07) is 7.38. The van der Waals surface area contributed by atoms with Gasteiger partial charge in [0.05, 0.1) is 22.6 Å². The van der Waals surface area contributed by atoms with Crippen LogP contribution in [0, 0.1) is 38.2 Å². The van der Waals surface area contributed by atoms with Crippen LogP contribution in [0.1, 0.15) is 25.8 Å². The fourth-order valence-corrected chi connectivity index (χ4v) is 1.41. The highest BCUT2D eigenvalue weighted by Crippen LogP contribution is 2.28. The summed E-state index contributed by atoms with van der Waals surface area (Å²) in [6.07, 6.45) is 0.277. The van der Waals surface area contributed by atoms with Crippen molar-refractivity contribution in [1.29, 1.82) is 10.5 Å². The van der Waals surface area contributed by atoms with E-state index in [2.05, 4.69) is 5.32 Å². The van der Waals surface area contributed by atoms with Gasteiger partial charge in [-0.05, 0) is 25.5 Å². The molecule has 7 heteroatoms. The summed E-state index contributed by atoms with van der Waals surface area (Å²) in [5, 5.41) is 31.0. The highest BCUT2D eigenvalue weighted by molar-refractivity contribution is 5.98. The molecule has 102 valence electrons. The second-order valence-electron chi connectivity index (χ2n) is 4.35. The van der Waals surface area contributed by atoms with E-state index in [1.54, 1.807) is 13.0 Å². The van der Waals surface area contributed by atoms with Gasteiger partial charge in [-0.3, -0.25) is 14.9 Å². The molecule has 20 heavy (non-hydrogen) atoms. The number of rotatable bonds is 4. The summed E-state index contributed by atoms with van der Waals surface area (Å²) in [7, 11) is 0. The van der Waals surface area contributed by atoms with Gasteiger partial charge in [-0.15, -0.1) is 0 Å². The highest BCUT2D eigenvalue weighted by Gasteiger charge is 2.32. The number of amides is 1. The molecule has 0 aliphatic carbocycles. The minimum atomic E-state index is -1.26. The lowest BCUT2D eigenvalue weighted by atomic mass is 9.88. The molecule has 1 rings (SSSR count). The summed E-state index contributed by atoms with van der Waals surface area (Å²) in [6.45, 7) is 3.13. The van der Waals surface area contributed by atoms with E-state index in [9.17, 15) is 14.9 Å². The zero-order valence-corrected chi connectivity index (χ0v) is 11.0. The number of nitro benzene ring substituents is 1. The Morgan fingerprint density at radius 2 is 2.15 bits per heavy atom. The first-order chi connectivity index (χ1) is 9.37. The Balaban J connectivity index is 3.17. The summed E-state index contributed by atoms with van der Waals surface area (Å²) in [5.74, 6) is -0.615. The average Bonchev–Trinajstić information content (AvgIpc) is 2.46. The number of carbonyl (C=O) groups is 1. The third-order valence-electron chi connectivity index (χ3n) is 3.03. The number of carbonyl (C=O) groups excluding carboxylic acids is 1. The molecule has 0 saturated heterocycles. The van der Waals surface area contributed by atoms with Crippen LogP contribution in [0.4, 0.5) is 11.4 Å². The molecule has 1 unspecified atom stereocenters. The molecule has 1 atom stereocenters. The van der Waals surface area contributed by atoms with E-state index < -0.39 is 16.2 Å². The molecule has 0 aliphatic heterocycles. The van der Waals surface area contributed by atoms with Crippen molar-refractivity contribution in [1.82, 2.24) is 0 Å². The molecular weight excluding hydrogens is 260 g/mol. The van der Waals surface area contributed by atoms with E-state index in [-0.39, 0.29) is 23.4 Å². The molecule has 0 saturated carbocycles. The Morgan fingerprint density at radius 1 is 1.50 bits per heavy atom. The molecule has 0 fully saturated rings. The number of nitriles is 2. The molecule has 0 spiro atoms. The zero-order chi connectivity index (χ0) is 15.3. The Kier molecular flexibility index (Phi) is 4.39. The van der Waals surface area contributed by atoms with E-state index in [4.69, 9.17) is 10.5 Å². The number of nitrogens with one attached hydrogen (secondary N) is 1. The first-order valence-electron chi connectivity index (χ1n) is 5.79. The first kappa shape index (κ1) is 15.1. The van der Waals surface area contributed by atoms with Crippen molar-refractivity contribution in [3.8, 4) is 12.1 Å². The highest BCUT2D eigenvalue weighted by atomic mass is 16.6. The van der Waals surface area contributed by atoms with Crippen LogP contribution in [0.15, 0.2) is 18.2 Å². The Hall–Kier alpha value is -2.93. The van der Waals surface area contributed by atoms with Crippen LogP contribution >= 0.6 is 0 Å². The van der Waals surface area contributed by atoms with Gasteiger partial charge in [-0.1, -0.05) is 6.92 Å². The van der Waals surface area contributed by atoms with E-state index >= 15 is 0 Å². The predicted molar refractivity (Wildman–Crippen MR) is 70.5 cm³/mol. The minimum Gasteiger partial charge on any atom is -0.319 e. The lowest BCUT2D eigenvalue weighted by Crippen LogP contribution is -2.31. The molecule has 1 aromatic carbocycles. The van der Waals surface area contributed by atoms with E-state index in [1.165, 1.54) is 19.1 Å². The molecule has 0 aromatic heterocycles. The SMILES string of the molecule is CCC(C)(C#N)C(=O)Nc1ccc(C#N)cc1[N+](=O)[O-]. The Bertz CT molecular complexity index is 642. The van der Waals surface area contributed by atoms with Gasteiger partial charge in [0.1, 0.15) is 11.1 Å². The van der Waals surface area contributed by atoms with Crippen molar-refractivity contribution in [2.45, 2.75) is 20.3 Å². The third kappa shape index (κ3) is 2.90. The molecule has 1 aromatic rings. The van der Waals surface area contributed by atoms with E-state index in [1.807, 2.05) is 6.07 Å². The topological polar surface area (TPSA) is 120 Å². The normalized spacial score (nSPS) is 12.6. The second-order valence-corrected chi connectivity index (χ2v) is 4.35. The quantitative estimate of drug-likeness (QED) is 0.666. The first-order valence-corrected chi connectivity index (χ1v) is 5.79. The summed E-state index contributed by atoms with van der Waals surface area (Å²) in [5.41, 5.74) is -1.56. The van der Waals surface area contributed by atoms with Crippen molar-refractivity contribution in [3.63, 3.8) is 0 Å². The fourth-order valence-electron chi connectivity index (χ4n) is 1.41. The lowest BCUT2D eigenvalue weighted by molar-refractivity contribution is -0.384. The molecule has 0 radical (unpaired) electrons. The van der Waals surface area contributed by atoms with E-state index in [0.29, 0.717) is 0 Å². The molecule has 0 aliphatic rings. The monoisotopic (exact) mass is 272 g/mol. The van der Waals surface area contributed by atoms with E-state index in [0.717, 1.165) is 6.07 Å². The fraction of sp³-hybridized carbons (Fsp3) is 0.308. The number of benzene rings is 1. The second kappa shape index (κ2) is 5.81. The van der Waals surface area contributed by atoms with Crippen LogP contribution in [-0.2, 0) is 4.79 Å². The van der Waals surface area contributed by atoms with Gasteiger partial charge in [-0.2, -0.15) is 10.5 Å². The maximum atomic E-state index is 12.0. The minimum absolute atomic E-state index is 0.0334. The van der Waals surface area contributed by atoms with Crippen molar-refractivity contribution in [2.24, 2.45) is 5.41 Å².